The minimum atomic E-state index is -1.13. The first-order chi connectivity index (χ1) is 17.5. The second-order valence-corrected chi connectivity index (χ2v) is 9.03. The molecule has 1 aliphatic heterocycles. The maximum atomic E-state index is 13.8. The Morgan fingerprint density at radius 3 is 2.58 bits per heavy atom. The SMILES string of the molecule is COc1ccc(-c2cc3n(n2)CC(C)(C(=O)NCc2ccccc2)N(CCc2ccco2)C3=O)cc1. The fourth-order valence-corrected chi connectivity index (χ4v) is 4.54. The van der Waals surface area contributed by atoms with Crippen LogP contribution in [-0.2, 0) is 24.3 Å². The zero-order chi connectivity index (χ0) is 25.1. The van der Waals surface area contributed by atoms with E-state index < -0.39 is 5.54 Å². The van der Waals surface area contributed by atoms with E-state index in [1.807, 2.05) is 66.7 Å². The van der Waals surface area contributed by atoms with Crippen LogP contribution in [0.15, 0.2) is 83.5 Å². The summed E-state index contributed by atoms with van der Waals surface area (Å²) in [6.07, 6.45) is 2.11. The molecule has 1 aliphatic rings. The summed E-state index contributed by atoms with van der Waals surface area (Å²) in [5.41, 5.74) is 1.84. The fourth-order valence-electron chi connectivity index (χ4n) is 4.54. The third kappa shape index (κ3) is 4.49. The Kier molecular flexibility index (Phi) is 6.33. The Balaban J connectivity index is 1.45. The van der Waals surface area contributed by atoms with E-state index in [4.69, 9.17) is 14.3 Å². The van der Waals surface area contributed by atoms with E-state index in [1.165, 1.54) is 0 Å². The maximum Gasteiger partial charge on any atom is 0.273 e. The number of ether oxygens (including phenoxy) is 1. The number of hydrogen-bond donors (Lipinski definition) is 1. The van der Waals surface area contributed by atoms with E-state index in [0.29, 0.717) is 30.9 Å². The summed E-state index contributed by atoms with van der Waals surface area (Å²) in [5.74, 6) is 1.03. The number of nitrogens with zero attached hydrogens (tertiary/aromatic N) is 3. The molecule has 36 heavy (non-hydrogen) atoms. The molecule has 1 N–H and O–H groups in total. The van der Waals surface area contributed by atoms with Gasteiger partial charge >= 0.3 is 0 Å². The highest BCUT2D eigenvalue weighted by Crippen LogP contribution is 2.31. The van der Waals surface area contributed by atoms with Gasteiger partial charge in [0.1, 0.15) is 22.7 Å². The Hall–Kier alpha value is -4.33. The molecular formula is C28H28N4O4. The molecule has 0 saturated heterocycles. The minimum absolute atomic E-state index is 0.230. The molecule has 0 bridgehead atoms. The number of furan rings is 1. The van der Waals surface area contributed by atoms with Crippen LogP contribution in [0.5, 0.6) is 5.75 Å². The lowest BCUT2D eigenvalue weighted by molar-refractivity contribution is -0.133. The quantitative estimate of drug-likeness (QED) is 0.409. The van der Waals surface area contributed by atoms with Gasteiger partial charge in [-0.2, -0.15) is 5.10 Å². The van der Waals surface area contributed by atoms with Crippen molar-refractivity contribution < 1.29 is 18.7 Å². The largest absolute Gasteiger partial charge is 0.497 e. The zero-order valence-electron chi connectivity index (χ0n) is 20.3. The van der Waals surface area contributed by atoms with Gasteiger partial charge in [0.15, 0.2) is 0 Å². The van der Waals surface area contributed by atoms with E-state index in [0.717, 1.165) is 22.6 Å². The lowest BCUT2D eigenvalue weighted by atomic mass is 9.94. The van der Waals surface area contributed by atoms with Crippen LogP contribution in [0.1, 0.15) is 28.7 Å². The minimum Gasteiger partial charge on any atom is -0.497 e. The monoisotopic (exact) mass is 484 g/mol. The predicted octanol–water partition coefficient (Wildman–Crippen LogP) is 3.93. The maximum absolute atomic E-state index is 13.8. The van der Waals surface area contributed by atoms with E-state index >= 15 is 0 Å². The average Bonchev–Trinajstić information content (AvgIpc) is 3.58. The van der Waals surface area contributed by atoms with Crippen LogP contribution in [0.25, 0.3) is 11.3 Å². The van der Waals surface area contributed by atoms with Gasteiger partial charge in [-0.1, -0.05) is 30.3 Å². The van der Waals surface area contributed by atoms with Gasteiger partial charge in [-0.3, -0.25) is 14.3 Å². The number of carbonyl (C=O) groups excluding carboxylic acids is 2. The summed E-state index contributed by atoms with van der Waals surface area (Å²) in [5, 5.41) is 7.72. The molecule has 0 aliphatic carbocycles. The summed E-state index contributed by atoms with van der Waals surface area (Å²) >= 11 is 0. The van der Waals surface area contributed by atoms with Crippen molar-refractivity contribution in [2.75, 3.05) is 13.7 Å². The fraction of sp³-hybridized carbons (Fsp3) is 0.250. The molecule has 8 nitrogen and oxygen atoms in total. The van der Waals surface area contributed by atoms with Crippen molar-refractivity contribution in [2.24, 2.45) is 0 Å². The molecule has 0 spiro atoms. The third-order valence-corrected chi connectivity index (χ3v) is 6.63. The molecule has 4 aromatic rings. The average molecular weight is 485 g/mol. The Morgan fingerprint density at radius 2 is 1.89 bits per heavy atom. The number of amides is 2. The first kappa shape index (κ1) is 23.4. The number of hydrogen-bond acceptors (Lipinski definition) is 5. The van der Waals surface area contributed by atoms with Crippen molar-refractivity contribution in [2.45, 2.75) is 32.0 Å². The standard InChI is InChI=1S/C28H28N4O4/c1-28(27(34)29-18-20-7-4-3-5-8-20)19-32-25(26(33)31(28)15-14-23-9-6-16-36-23)17-24(30-32)21-10-12-22(35-2)13-11-21/h3-13,16-17H,14-15,18-19H2,1-2H3,(H,29,34). The molecule has 0 radical (unpaired) electrons. The highest BCUT2D eigenvalue weighted by Gasteiger charge is 2.47. The van der Waals surface area contributed by atoms with E-state index in [1.54, 1.807) is 35.9 Å². The van der Waals surface area contributed by atoms with Crippen LogP contribution in [0, 0.1) is 0 Å². The van der Waals surface area contributed by atoms with Gasteiger partial charge in [-0.15, -0.1) is 0 Å². The lowest BCUT2D eigenvalue weighted by Crippen LogP contribution is -2.64. The molecule has 3 heterocycles. The van der Waals surface area contributed by atoms with Crippen molar-refractivity contribution >= 4 is 11.8 Å². The smallest absolute Gasteiger partial charge is 0.273 e. The molecule has 2 aromatic heterocycles. The summed E-state index contributed by atoms with van der Waals surface area (Å²) in [4.78, 5) is 29.0. The van der Waals surface area contributed by atoms with Crippen molar-refractivity contribution in [3.05, 3.63) is 96.1 Å². The Morgan fingerprint density at radius 1 is 1.11 bits per heavy atom. The second-order valence-electron chi connectivity index (χ2n) is 9.03. The second kappa shape index (κ2) is 9.73. The van der Waals surface area contributed by atoms with Crippen LogP contribution in [0.4, 0.5) is 0 Å². The molecule has 0 fully saturated rings. The van der Waals surface area contributed by atoms with Crippen LogP contribution in [0.3, 0.4) is 0 Å². The molecular weight excluding hydrogens is 456 g/mol. The van der Waals surface area contributed by atoms with Crippen LogP contribution in [-0.4, -0.2) is 45.7 Å². The van der Waals surface area contributed by atoms with Crippen LogP contribution < -0.4 is 10.1 Å². The number of carbonyl (C=O) groups is 2. The number of benzene rings is 2. The summed E-state index contributed by atoms with van der Waals surface area (Å²) < 4.78 is 12.4. The molecule has 2 aromatic carbocycles. The van der Waals surface area contributed by atoms with Crippen molar-refractivity contribution in [3.63, 3.8) is 0 Å². The van der Waals surface area contributed by atoms with Crippen LogP contribution in [0.2, 0.25) is 0 Å². The Labute approximate surface area is 209 Å². The molecule has 2 amide bonds. The molecule has 0 saturated carbocycles. The lowest BCUT2D eigenvalue weighted by Gasteiger charge is -2.43. The zero-order valence-corrected chi connectivity index (χ0v) is 20.3. The highest BCUT2D eigenvalue weighted by atomic mass is 16.5. The normalized spacial score (nSPS) is 17.1. The summed E-state index contributed by atoms with van der Waals surface area (Å²) in [6, 6.07) is 22.7. The molecule has 1 atom stereocenters. The van der Waals surface area contributed by atoms with Crippen molar-refractivity contribution in [1.29, 1.82) is 0 Å². The van der Waals surface area contributed by atoms with E-state index in [-0.39, 0.29) is 18.4 Å². The topological polar surface area (TPSA) is 89.6 Å². The van der Waals surface area contributed by atoms with Gasteiger partial charge < -0.3 is 19.4 Å². The number of nitrogens with one attached hydrogen (secondary N) is 1. The van der Waals surface area contributed by atoms with Gasteiger partial charge in [0, 0.05) is 25.1 Å². The molecule has 8 heteroatoms. The molecule has 1 unspecified atom stereocenters. The van der Waals surface area contributed by atoms with Gasteiger partial charge in [0.2, 0.25) is 5.91 Å². The van der Waals surface area contributed by atoms with Gasteiger partial charge in [-0.25, -0.2) is 0 Å². The van der Waals surface area contributed by atoms with Crippen molar-refractivity contribution in [3.8, 4) is 17.0 Å². The van der Waals surface area contributed by atoms with Gasteiger partial charge in [-0.05, 0) is 55.0 Å². The number of aromatic nitrogens is 2. The summed E-state index contributed by atoms with van der Waals surface area (Å²) in [7, 11) is 1.62. The number of fused-ring (bicyclic) bond motifs is 1. The van der Waals surface area contributed by atoms with E-state index in [9.17, 15) is 9.59 Å². The molecule has 5 rings (SSSR count). The first-order valence-electron chi connectivity index (χ1n) is 11.9. The molecule has 184 valence electrons. The third-order valence-electron chi connectivity index (χ3n) is 6.63. The Bertz CT molecular complexity index is 1350. The summed E-state index contributed by atoms with van der Waals surface area (Å²) in [6.45, 7) is 2.75. The van der Waals surface area contributed by atoms with Gasteiger partial charge in [0.25, 0.3) is 5.91 Å². The first-order valence-corrected chi connectivity index (χ1v) is 11.9. The number of methoxy groups -OCH3 is 1. The van der Waals surface area contributed by atoms with Crippen molar-refractivity contribution in [1.82, 2.24) is 20.0 Å². The predicted molar refractivity (Wildman–Crippen MR) is 134 cm³/mol. The number of rotatable bonds is 8. The van der Waals surface area contributed by atoms with Gasteiger partial charge in [0.05, 0.1) is 25.6 Å². The van der Waals surface area contributed by atoms with E-state index in [2.05, 4.69) is 5.32 Å². The van der Waals surface area contributed by atoms with Crippen LogP contribution >= 0.6 is 0 Å². The highest BCUT2D eigenvalue weighted by molar-refractivity contribution is 6.00.